The number of hydrogen-bond donors (Lipinski definition) is 1. The van der Waals surface area contributed by atoms with Crippen LogP contribution in [0, 0.1) is 0 Å². The number of imide groups is 1. The fraction of sp³-hybridized carbons (Fsp3) is 0.385. The van der Waals surface area contributed by atoms with Crippen molar-refractivity contribution in [3.63, 3.8) is 0 Å². The van der Waals surface area contributed by atoms with Gasteiger partial charge in [-0.15, -0.1) is 11.3 Å². The Morgan fingerprint density at radius 2 is 2.24 bits per heavy atom. The van der Waals surface area contributed by atoms with Gasteiger partial charge in [0.05, 0.1) is 6.54 Å². The molecule has 1 aliphatic rings. The second-order valence-electron chi connectivity index (χ2n) is 4.79. The van der Waals surface area contributed by atoms with Crippen LogP contribution >= 0.6 is 22.9 Å². The molecule has 1 aliphatic heterocycles. The minimum absolute atomic E-state index is 0.0401. The highest BCUT2D eigenvalue weighted by atomic mass is 35.5. The monoisotopic (exact) mass is 324 g/mol. The molecule has 1 N–H and O–H groups in total. The molecule has 0 aliphatic carbocycles. The molecule has 2 aromatic rings. The van der Waals surface area contributed by atoms with Crippen molar-refractivity contribution in [3.8, 4) is 0 Å². The van der Waals surface area contributed by atoms with Crippen molar-refractivity contribution in [1.29, 1.82) is 0 Å². The summed E-state index contributed by atoms with van der Waals surface area (Å²) in [5.74, 6) is 0.142. The Kier molecular flexibility index (Phi) is 3.77. The number of nitrogens with zero attached hydrogens (tertiary/aromatic N) is 3. The van der Waals surface area contributed by atoms with Gasteiger partial charge in [-0.05, 0) is 17.9 Å². The van der Waals surface area contributed by atoms with Gasteiger partial charge in [0.25, 0.3) is 5.91 Å². The van der Waals surface area contributed by atoms with Crippen molar-refractivity contribution in [2.24, 2.45) is 0 Å². The highest BCUT2D eigenvalue weighted by Gasteiger charge is 2.37. The molecule has 8 heteroatoms. The fourth-order valence-corrected chi connectivity index (χ4v) is 3.37. The van der Waals surface area contributed by atoms with E-state index in [1.165, 1.54) is 11.3 Å². The Hall–Kier alpha value is -1.73. The third-order valence-corrected chi connectivity index (χ3v) is 4.40. The number of fused-ring (bicyclic) bond motifs is 1. The molecule has 1 fully saturated rings. The largest absolute Gasteiger partial charge is 0.326 e. The first kappa shape index (κ1) is 14.2. The van der Waals surface area contributed by atoms with E-state index in [1.807, 2.05) is 18.4 Å². The number of thiophene rings is 1. The maximum atomic E-state index is 12.2. The Labute approximate surface area is 130 Å². The second kappa shape index (κ2) is 5.57. The molecule has 0 spiro atoms. The minimum atomic E-state index is -0.441. The molecule has 3 amide bonds. The number of carbonyl (C=O) groups excluding carboxylic acids is 2. The predicted molar refractivity (Wildman–Crippen MR) is 80.2 cm³/mol. The van der Waals surface area contributed by atoms with Crippen molar-refractivity contribution < 1.29 is 9.59 Å². The zero-order valence-electron chi connectivity index (χ0n) is 11.3. The standard InChI is InChI=1S/C13H13ClN4O2S/c1-2-3-8-12(19)18(13(20)15-8)6-9-16-10(14)7-4-5-21-11(7)17-9/h4-5,8H,2-3,6H2,1H3,(H,15,20). The van der Waals surface area contributed by atoms with Gasteiger partial charge in [-0.2, -0.15) is 0 Å². The number of urea groups is 1. The van der Waals surface area contributed by atoms with Crippen LogP contribution in [0.1, 0.15) is 25.6 Å². The van der Waals surface area contributed by atoms with Gasteiger partial charge in [0.1, 0.15) is 16.0 Å². The highest BCUT2D eigenvalue weighted by molar-refractivity contribution is 7.16. The van der Waals surface area contributed by atoms with Gasteiger partial charge in [0.15, 0.2) is 5.82 Å². The highest BCUT2D eigenvalue weighted by Crippen LogP contribution is 2.25. The number of rotatable bonds is 4. The van der Waals surface area contributed by atoms with Crippen LogP contribution in [0.5, 0.6) is 0 Å². The second-order valence-corrected chi connectivity index (χ2v) is 6.04. The van der Waals surface area contributed by atoms with Crippen molar-refractivity contribution in [1.82, 2.24) is 20.2 Å². The van der Waals surface area contributed by atoms with Crippen LogP contribution in [-0.4, -0.2) is 32.8 Å². The Morgan fingerprint density at radius 3 is 3.00 bits per heavy atom. The number of carbonyl (C=O) groups is 2. The first-order chi connectivity index (χ1) is 10.1. The van der Waals surface area contributed by atoms with E-state index < -0.39 is 12.1 Å². The van der Waals surface area contributed by atoms with Gasteiger partial charge in [-0.25, -0.2) is 14.8 Å². The van der Waals surface area contributed by atoms with Crippen LogP contribution in [0.2, 0.25) is 5.15 Å². The summed E-state index contributed by atoms with van der Waals surface area (Å²) in [5.41, 5.74) is 0. The van der Waals surface area contributed by atoms with Gasteiger partial charge in [-0.1, -0.05) is 24.9 Å². The van der Waals surface area contributed by atoms with Crippen LogP contribution < -0.4 is 5.32 Å². The lowest BCUT2D eigenvalue weighted by atomic mass is 10.2. The Balaban J connectivity index is 1.84. The minimum Gasteiger partial charge on any atom is -0.326 e. The van der Waals surface area contributed by atoms with E-state index in [4.69, 9.17) is 11.6 Å². The third kappa shape index (κ3) is 2.58. The summed E-state index contributed by atoms with van der Waals surface area (Å²) >= 11 is 7.54. The summed E-state index contributed by atoms with van der Waals surface area (Å²) in [5, 5.41) is 5.67. The van der Waals surface area contributed by atoms with Crippen molar-refractivity contribution >= 4 is 45.1 Å². The lowest BCUT2D eigenvalue weighted by Crippen LogP contribution is -2.31. The van der Waals surface area contributed by atoms with E-state index >= 15 is 0 Å². The van der Waals surface area contributed by atoms with E-state index in [0.29, 0.717) is 17.4 Å². The molecule has 0 aromatic carbocycles. The first-order valence-electron chi connectivity index (χ1n) is 6.61. The quantitative estimate of drug-likeness (QED) is 0.692. The lowest BCUT2D eigenvalue weighted by molar-refractivity contribution is -0.128. The predicted octanol–water partition coefficient (Wildman–Crippen LogP) is 2.57. The average molecular weight is 325 g/mol. The maximum Gasteiger partial charge on any atom is 0.325 e. The Bertz CT molecular complexity index is 717. The summed E-state index contributed by atoms with van der Waals surface area (Å²) < 4.78 is 0. The van der Waals surface area contributed by atoms with Crippen molar-refractivity contribution in [2.45, 2.75) is 32.4 Å². The van der Waals surface area contributed by atoms with E-state index in [0.717, 1.165) is 21.5 Å². The van der Waals surface area contributed by atoms with E-state index in [-0.39, 0.29) is 12.5 Å². The number of amides is 3. The van der Waals surface area contributed by atoms with E-state index in [2.05, 4.69) is 15.3 Å². The molecule has 0 radical (unpaired) electrons. The van der Waals surface area contributed by atoms with Gasteiger partial charge in [0, 0.05) is 5.39 Å². The smallest absolute Gasteiger partial charge is 0.325 e. The van der Waals surface area contributed by atoms with Gasteiger partial charge >= 0.3 is 6.03 Å². The Morgan fingerprint density at radius 1 is 1.43 bits per heavy atom. The molecule has 3 heterocycles. The maximum absolute atomic E-state index is 12.2. The van der Waals surface area contributed by atoms with Crippen molar-refractivity contribution in [3.05, 3.63) is 22.4 Å². The van der Waals surface area contributed by atoms with Gasteiger partial charge in [0.2, 0.25) is 0 Å². The number of nitrogens with one attached hydrogen (secondary N) is 1. The summed E-state index contributed by atoms with van der Waals surface area (Å²) in [6, 6.07) is 1.00. The normalized spacial score (nSPS) is 18.6. The molecule has 1 unspecified atom stereocenters. The third-order valence-electron chi connectivity index (χ3n) is 3.31. The number of hydrogen-bond acceptors (Lipinski definition) is 5. The van der Waals surface area contributed by atoms with Crippen LogP contribution in [0.25, 0.3) is 10.2 Å². The first-order valence-corrected chi connectivity index (χ1v) is 7.87. The molecule has 2 aromatic heterocycles. The molecule has 6 nitrogen and oxygen atoms in total. The van der Waals surface area contributed by atoms with E-state index in [9.17, 15) is 9.59 Å². The van der Waals surface area contributed by atoms with Gasteiger partial charge < -0.3 is 5.32 Å². The van der Waals surface area contributed by atoms with E-state index in [1.54, 1.807) is 0 Å². The number of aromatic nitrogens is 2. The lowest BCUT2D eigenvalue weighted by Gasteiger charge is -2.12. The number of halogens is 1. The zero-order valence-corrected chi connectivity index (χ0v) is 12.9. The van der Waals surface area contributed by atoms with Crippen LogP contribution in [-0.2, 0) is 11.3 Å². The van der Waals surface area contributed by atoms with Crippen LogP contribution in [0.15, 0.2) is 11.4 Å². The van der Waals surface area contributed by atoms with Crippen molar-refractivity contribution in [2.75, 3.05) is 0 Å². The molecule has 1 atom stereocenters. The zero-order chi connectivity index (χ0) is 15.0. The van der Waals surface area contributed by atoms with Crippen LogP contribution in [0.4, 0.5) is 4.79 Å². The summed E-state index contributed by atoms with van der Waals surface area (Å²) in [7, 11) is 0. The molecule has 3 rings (SSSR count). The summed E-state index contributed by atoms with van der Waals surface area (Å²) in [4.78, 5) is 34.5. The molecular weight excluding hydrogens is 312 g/mol. The molecule has 110 valence electrons. The average Bonchev–Trinajstić information content (AvgIpc) is 3.00. The fourth-order valence-electron chi connectivity index (χ4n) is 2.28. The molecule has 0 bridgehead atoms. The molecule has 1 saturated heterocycles. The molecule has 21 heavy (non-hydrogen) atoms. The van der Waals surface area contributed by atoms with Crippen LogP contribution in [0.3, 0.4) is 0 Å². The summed E-state index contributed by atoms with van der Waals surface area (Å²) in [6.45, 7) is 2.01. The molecule has 0 saturated carbocycles. The summed E-state index contributed by atoms with van der Waals surface area (Å²) in [6.07, 6.45) is 1.46. The molecular formula is C13H13ClN4O2S. The topological polar surface area (TPSA) is 75.2 Å². The van der Waals surface area contributed by atoms with Gasteiger partial charge in [-0.3, -0.25) is 9.69 Å². The SMILES string of the molecule is CCCC1NC(=O)N(Cc2nc(Cl)c3ccsc3n2)C1=O.